The zero-order valence-corrected chi connectivity index (χ0v) is 9.89. The normalized spacial score (nSPS) is 26.8. The fourth-order valence-corrected chi connectivity index (χ4v) is 2.80. The maximum atomic E-state index is 9.79. The van der Waals surface area contributed by atoms with Crippen molar-refractivity contribution in [1.82, 2.24) is 10.3 Å². The van der Waals surface area contributed by atoms with E-state index in [9.17, 15) is 5.11 Å². The Hall–Kier alpha value is -0.450. The standard InChI is InChI=1S/C11H18N2OS/c1-8-11(15-7-13-8)6-12-9-4-2-3-5-10(9)14/h7,9-10,12,14H,2-6H2,1H3/t9-,10+/m1/s1. The second-order valence-electron chi connectivity index (χ2n) is 4.20. The molecule has 0 aromatic carbocycles. The molecule has 1 heterocycles. The molecule has 4 heteroatoms. The minimum absolute atomic E-state index is 0.160. The first-order valence-corrected chi connectivity index (χ1v) is 6.46. The highest BCUT2D eigenvalue weighted by atomic mass is 32.1. The summed E-state index contributed by atoms with van der Waals surface area (Å²) in [5.74, 6) is 0. The van der Waals surface area contributed by atoms with E-state index >= 15 is 0 Å². The lowest BCUT2D eigenvalue weighted by atomic mass is 9.92. The van der Waals surface area contributed by atoms with Gasteiger partial charge in [0.05, 0.1) is 17.3 Å². The Morgan fingerprint density at radius 3 is 3.00 bits per heavy atom. The van der Waals surface area contributed by atoms with E-state index in [-0.39, 0.29) is 12.1 Å². The van der Waals surface area contributed by atoms with Gasteiger partial charge in [-0.05, 0) is 19.8 Å². The molecule has 1 aromatic heterocycles. The van der Waals surface area contributed by atoms with Gasteiger partial charge in [-0.3, -0.25) is 0 Å². The number of hydrogen-bond donors (Lipinski definition) is 2. The molecule has 1 aromatic rings. The molecule has 0 unspecified atom stereocenters. The number of hydrogen-bond acceptors (Lipinski definition) is 4. The lowest BCUT2D eigenvalue weighted by molar-refractivity contribution is 0.0903. The fraction of sp³-hybridized carbons (Fsp3) is 0.727. The lowest BCUT2D eigenvalue weighted by Crippen LogP contribution is -2.41. The molecule has 0 radical (unpaired) electrons. The average Bonchev–Trinajstić information content (AvgIpc) is 2.63. The number of thiazole rings is 1. The third-order valence-electron chi connectivity index (χ3n) is 3.10. The first-order chi connectivity index (χ1) is 7.27. The molecule has 1 aliphatic rings. The largest absolute Gasteiger partial charge is 0.392 e. The number of aliphatic hydroxyl groups excluding tert-OH is 1. The summed E-state index contributed by atoms with van der Waals surface area (Å²) >= 11 is 1.68. The van der Waals surface area contributed by atoms with Crippen LogP contribution in [0.1, 0.15) is 36.3 Å². The fourth-order valence-electron chi connectivity index (χ4n) is 2.07. The summed E-state index contributed by atoms with van der Waals surface area (Å²) in [5, 5.41) is 13.2. The van der Waals surface area contributed by atoms with Gasteiger partial charge < -0.3 is 10.4 Å². The maximum Gasteiger partial charge on any atom is 0.0798 e. The molecule has 1 aliphatic carbocycles. The van der Waals surface area contributed by atoms with Gasteiger partial charge in [0.25, 0.3) is 0 Å². The number of nitrogens with one attached hydrogen (secondary N) is 1. The van der Waals surface area contributed by atoms with E-state index in [1.165, 1.54) is 17.7 Å². The van der Waals surface area contributed by atoms with E-state index in [2.05, 4.69) is 10.3 Å². The monoisotopic (exact) mass is 226 g/mol. The molecular formula is C11H18N2OS. The third-order valence-corrected chi connectivity index (χ3v) is 4.03. The van der Waals surface area contributed by atoms with Crippen LogP contribution in [0.3, 0.4) is 0 Å². The van der Waals surface area contributed by atoms with Gasteiger partial charge in [-0.25, -0.2) is 4.98 Å². The van der Waals surface area contributed by atoms with Crippen LogP contribution < -0.4 is 5.32 Å². The minimum atomic E-state index is -0.160. The molecule has 0 saturated heterocycles. The smallest absolute Gasteiger partial charge is 0.0798 e. The Kier molecular flexibility index (Phi) is 3.72. The Morgan fingerprint density at radius 2 is 2.33 bits per heavy atom. The maximum absolute atomic E-state index is 9.79. The summed E-state index contributed by atoms with van der Waals surface area (Å²) in [4.78, 5) is 5.50. The molecular weight excluding hydrogens is 208 g/mol. The van der Waals surface area contributed by atoms with E-state index in [1.807, 2.05) is 12.4 Å². The van der Waals surface area contributed by atoms with Crippen LogP contribution in [0.5, 0.6) is 0 Å². The molecule has 2 N–H and O–H groups in total. The highest BCUT2D eigenvalue weighted by Gasteiger charge is 2.22. The number of aromatic nitrogens is 1. The molecule has 0 amide bonds. The van der Waals surface area contributed by atoms with Crippen molar-refractivity contribution in [2.75, 3.05) is 0 Å². The second-order valence-corrected chi connectivity index (χ2v) is 5.14. The molecule has 1 fully saturated rings. The molecule has 15 heavy (non-hydrogen) atoms. The zero-order chi connectivity index (χ0) is 10.7. The SMILES string of the molecule is Cc1ncsc1CN[C@@H]1CCCC[C@@H]1O. The van der Waals surface area contributed by atoms with Crippen molar-refractivity contribution < 1.29 is 5.11 Å². The Morgan fingerprint density at radius 1 is 1.53 bits per heavy atom. The van der Waals surface area contributed by atoms with Crippen LogP contribution in [-0.2, 0) is 6.54 Å². The van der Waals surface area contributed by atoms with Crippen molar-refractivity contribution in [1.29, 1.82) is 0 Å². The summed E-state index contributed by atoms with van der Waals surface area (Å²) in [6.07, 6.45) is 4.28. The molecule has 84 valence electrons. The molecule has 0 aliphatic heterocycles. The summed E-state index contributed by atoms with van der Waals surface area (Å²) in [6.45, 7) is 2.88. The predicted octanol–water partition coefficient (Wildman–Crippen LogP) is 1.84. The van der Waals surface area contributed by atoms with Crippen molar-refractivity contribution in [3.63, 3.8) is 0 Å². The van der Waals surface area contributed by atoms with Gasteiger partial charge in [0, 0.05) is 17.5 Å². The van der Waals surface area contributed by atoms with Crippen LogP contribution in [0.25, 0.3) is 0 Å². The van der Waals surface area contributed by atoms with Gasteiger partial charge in [0.1, 0.15) is 0 Å². The molecule has 0 bridgehead atoms. The quantitative estimate of drug-likeness (QED) is 0.826. The van der Waals surface area contributed by atoms with Crippen molar-refractivity contribution in [2.24, 2.45) is 0 Å². The highest BCUT2D eigenvalue weighted by Crippen LogP contribution is 2.19. The zero-order valence-electron chi connectivity index (χ0n) is 9.07. The van der Waals surface area contributed by atoms with Gasteiger partial charge >= 0.3 is 0 Å². The highest BCUT2D eigenvalue weighted by molar-refractivity contribution is 7.09. The Balaban J connectivity index is 1.84. The Bertz CT molecular complexity index is 313. The summed E-state index contributed by atoms with van der Waals surface area (Å²) in [6, 6.07) is 0.278. The van der Waals surface area contributed by atoms with Gasteiger partial charge in [-0.1, -0.05) is 12.8 Å². The Labute approximate surface area is 94.5 Å². The van der Waals surface area contributed by atoms with E-state index in [0.29, 0.717) is 0 Å². The van der Waals surface area contributed by atoms with Crippen LogP contribution in [0.15, 0.2) is 5.51 Å². The van der Waals surface area contributed by atoms with Crippen LogP contribution in [0, 0.1) is 6.92 Å². The first kappa shape index (κ1) is 11.0. The van der Waals surface area contributed by atoms with Crippen molar-refractivity contribution >= 4 is 11.3 Å². The number of nitrogens with zero attached hydrogens (tertiary/aromatic N) is 1. The second kappa shape index (κ2) is 5.05. The average molecular weight is 226 g/mol. The number of aliphatic hydroxyl groups is 1. The van der Waals surface area contributed by atoms with Gasteiger partial charge in [-0.2, -0.15) is 0 Å². The van der Waals surface area contributed by atoms with Crippen LogP contribution in [0.2, 0.25) is 0 Å². The van der Waals surface area contributed by atoms with E-state index in [4.69, 9.17) is 0 Å². The van der Waals surface area contributed by atoms with Crippen molar-refractivity contribution in [3.05, 3.63) is 16.1 Å². The summed E-state index contributed by atoms with van der Waals surface area (Å²) in [7, 11) is 0. The van der Waals surface area contributed by atoms with E-state index in [0.717, 1.165) is 25.1 Å². The number of aryl methyl sites for hydroxylation is 1. The molecule has 2 rings (SSSR count). The van der Waals surface area contributed by atoms with Crippen LogP contribution in [0.4, 0.5) is 0 Å². The van der Waals surface area contributed by atoms with Gasteiger partial charge in [0.15, 0.2) is 0 Å². The number of rotatable bonds is 3. The first-order valence-electron chi connectivity index (χ1n) is 5.58. The molecule has 0 spiro atoms. The van der Waals surface area contributed by atoms with E-state index in [1.54, 1.807) is 11.3 Å². The molecule has 3 nitrogen and oxygen atoms in total. The van der Waals surface area contributed by atoms with Crippen LogP contribution in [-0.4, -0.2) is 22.2 Å². The summed E-state index contributed by atoms with van der Waals surface area (Å²) < 4.78 is 0. The van der Waals surface area contributed by atoms with E-state index < -0.39 is 0 Å². The third kappa shape index (κ3) is 2.77. The predicted molar refractivity (Wildman–Crippen MR) is 62.0 cm³/mol. The topological polar surface area (TPSA) is 45.2 Å². The van der Waals surface area contributed by atoms with Crippen molar-refractivity contribution in [3.8, 4) is 0 Å². The van der Waals surface area contributed by atoms with Gasteiger partial charge in [0.2, 0.25) is 0 Å². The summed E-state index contributed by atoms with van der Waals surface area (Å²) in [5.41, 5.74) is 2.99. The molecule has 1 saturated carbocycles. The van der Waals surface area contributed by atoms with Gasteiger partial charge in [-0.15, -0.1) is 11.3 Å². The lowest BCUT2D eigenvalue weighted by Gasteiger charge is -2.28. The minimum Gasteiger partial charge on any atom is -0.392 e. The van der Waals surface area contributed by atoms with Crippen molar-refractivity contribution in [2.45, 2.75) is 51.3 Å². The van der Waals surface area contributed by atoms with Crippen LogP contribution >= 0.6 is 11.3 Å². The molecule has 2 atom stereocenters.